The lowest BCUT2D eigenvalue weighted by molar-refractivity contribution is 0.0737. The Labute approximate surface area is 754 Å². The Balaban J connectivity index is 0.000000124. The van der Waals surface area contributed by atoms with Crippen LogP contribution in [-0.2, 0) is 18.4 Å². The highest BCUT2D eigenvalue weighted by Gasteiger charge is 2.43. The number of ether oxygens (including phenoxy) is 1. The molecular formula is C112H120N8O8. The smallest absolute Gasteiger partial charge is 0.345 e. The summed E-state index contributed by atoms with van der Waals surface area (Å²) in [5.41, 5.74) is 18.3. The zero-order valence-electron chi connectivity index (χ0n) is 77.7. The molecule has 0 atom stereocenters. The van der Waals surface area contributed by atoms with E-state index in [4.69, 9.17) is 4.74 Å². The number of carbonyl (C=O) groups excluding carboxylic acids is 5. The van der Waals surface area contributed by atoms with E-state index in [2.05, 4.69) is 240 Å². The van der Waals surface area contributed by atoms with E-state index in [1.54, 1.807) is 24.3 Å². The summed E-state index contributed by atoms with van der Waals surface area (Å²) in [5, 5.41) is 0.933. The summed E-state index contributed by atoms with van der Waals surface area (Å²) < 4.78 is 7.60. The zero-order valence-corrected chi connectivity index (χ0v) is 77.7. The van der Waals surface area contributed by atoms with Crippen molar-refractivity contribution in [3.05, 3.63) is 351 Å². The van der Waals surface area contributed by atoms with Crippen molar-refractivity contribution in [3.8, 4) is 5.75 Å². The number of ketones is 2. The number of amides is 2. The highest BCUT2D eigenvalue weighted by atomic mass is 16.5. The number of para-hydroxylation sites is 15. The van der Waals surface area contributed by atoms with Gasteiger partial charge in [0.25, 0.3) is 11.8 Å². The first-order valence-corrected chi connectivity index (χ1v) is 44.6. The minimum atomic E-state index is -0.440. The van der Waals surface area contributed by atoms with Crippen molar-refractivity contribution in [2.75, 3.05) is 34.3 Å². The molecule has 1 fully saturated rings. The molecule has 6 aliphatic rings. The maximum atomic E-state index is 13.3. The van der Waals surface area contributed by atoms with Crippen LogP contribution in [0.3, 0.4) is 0 Å². The number of rotatable bonds is 2. The van der Waals surface area contributed by atoms with Gasteiger partial charge in [0.1, 0.15) is 0 Å². The molecule has 1 aliphatic carbocycles. The molecule has 16 heteroatoms. The van der Waals surface area contributed by atoms with Crippen molar-refractivity contribution in [2.24, 2.45) is 0 Å². The Morgan fingerprint density at radius 1 is 0.281 bits per heavy atom. The second kappa shape index (κ2) is 36.1. The fourth-order valence-corrected chi connectivity index (χ4v) is 18.2. The fraction of sp³-hybridized carbons (Fsp3) is 0.295. The molecule has 0 saturated heterocycles. The number of hydrogen-bond acceptors (Lipinski definition) is 13. The summed E-state index contributed by atoms with van der Waals surface area (Å²) >= 11 is 0. The zero-order chi connectivity index (χ0) is 91.9. The van der Waals surface area contributed by atoms with Crippen molar-refractivity contribution < 1.29 is 28.7 Å². The van der Waals surface area contributed by atoms with Gasteiger partial charge in [0.2, 0.25) is 10.9 Å². The average molecular weight is 1710 g/mol. The largest absolute Gasteiger partial charge is 0.421 e. The van der Waals surface area contributed by atoms with Crippen LogP contribution in [0.1, 0.15) is 221 Å². The van der Waals surface area contributed by atoms with E-state index in [-0.39, 0.29) is 68.6 Å². The number of hydrogen-bond donors (Lipinski definition) is 0. The fourth-order valence-electron chi connectivity index (χ4n) is 18.2. The van der Waals surface area contributed by atoms with Crippen molar-refractivity contribution in [3.63, 3.8) is 0 Å². The van der Waals surface area contributed by atoms with Crippen molar-refractivity contribution in [1.29, 1.82) is 0 Å². The van der Waals surface area contributed by atoms with Crippen LogP contribution in [0.25, 0.3) is 21.8 Å². The van der Waals surface area contributed by atoms with Crippen LogP contribution in [0.5, 0.6) is 5.75 Å². The van der Waals surface area contributed by atoms with Crippen LogP contribution in [0, 0.1) is 0 Å². The average Bonchev–Trinajstić information content (AvgIpc) is 1.64. The Morgan fingerprint density at radius 3 is 1.04 bits per heavy atom. The molecule has 1 saturated carbocycles. The minimum Gasteiger partial charge on any atom is -0.421 e. The molecule has 5 aliphatic heterocycles. The molecule has 19 rings (SSSR count). The number of esters is 1. The minimum absolute atomic E-state index is 0.0646. The predicted octanol–water partition coefficient (Wildman–Crippen LogP) is 26.3. The Hall–Kier alpha value is -13.5. The topological polar surface area (TPSA) is 156 Å². The monoisotopic (exact) mass is 1700 g/mol. The predicted molar refractivity (Wildman–Crippen MR) is 528 cm³/mol. The van der Waals surface area contributed by atoms with Gasteiger partial charge in [-0.1, -0.05) is 158 Å². The van der Waals surface area contributed by atoms with Gasteiger partial charge in [0.05, 0.1) is 84.6 Å². The Bertz CT molecular complexity index is 6200. The Kier molecular flexibility index (Phi) is 25.6. The number of nitrogens with zero attached hydrogens (tertiary/aromatic N) is 8. The molecule has 656 valence electrons. The molecule has 0 spiro atoms. The molecule has 13 aromatic rings. The molecule has 2 amide bonds. The molecule has 128 heavy (non-hydrogen) atoms. The van der Waals surface area contributed by atoms with E-state index >= 15 is 0 Å². The lowest BCUT2D eigenvalue weighted by atomic mass is 9.92. The standard InChI is InChI=1S/C20H22N2O.C20H24N2O.C19H21NO.C18H17NO2.C18H19NO.C17H17NO2/c1-20(2,3)22-16-9-5-4-8-15(16)19(23)21(14-12-13-14)17-10-6-7-11-18(17)22;1-14(2)21-17-12-8-9-13-18(17)22(20(3,4)5)16-11-7-6-10-15(16)19(21)23;1-19(2,3)20-16-10-6-4-8-14(16)12-13-18(21)15-9-5-7-11-17(15)20;1-18(2,3)19-14-10-6-4-8-12(14)16(20)17(21)13-9-5-7-11-15(13)19;1-18(2,3)19-15-10-6-4-8-13(15)12-17(20)14-9-5-7-11-16(14)19;1-17(2,3)18-13-9-5-4-8-12(13)16(19)20-15-11-7-6-10-14(15)18/h4-11,14H,12-13H2,1-3H3;6-14H,1-5H3;4-11H,12-13H2,1-3H3;4-11H,1-3H3;4-11H,12H2,1-3H3;4-11H,1-3H3. The summed E-state index contributed by atoms with van der Waals surface area (Å²) in [6.45, 7) is 42.9. The van der Waals surface area contributed by atoms with Gasteiger partial charge in [-0.05, 0) is 302 Å². The molecule has 0 N–H and O–H groups in total. The molecule has 6 heterocycles. The summed E-state index contributed by atoms with van der Waals surface area (Å²) in [6, 6.07) is 95.1. The van der Waals surface area contributed by atoms with Gasteiger partial charge in [-0.2, -0.15) is 0 Å². The Morgan fingerprint density at radius 2 is 0.594 bits per heavy atom. The normalized spacial score (nSPS) is 14.7. The third-order valence-corrected chi connectivity index (χ3v) is 23.4. The maximum absolute atomic E-state index is 13.3. The van der Waals surface area contributed by atoms with Gasteiger partial charge in [0, 0.05) is 91.4 Å². The molecule has 0 radical (unpaired) electrons. The summed E-state index contributed by atoms with van der Waals surface area (Å²) in [5.74, 6) is 0.912. The van der Waals surface area contributed by atoms with Crippen LogP contribution in [0.4, 0.5) is 68.2 Å². The quantitative estimate of drug-likeness (QED) is 0.0916. The number of benzene rings is 12. The first kappa shape index (κ1) is 90.8. The number of Topliss-reactive ketones (excluding diaryl/α,β-unsaturated/α-hetero) is 2. The summed E-state index contributed by atoms with van der Waals surface area (Å²) in [7, 11) is 0. The summed E-state index contributed by atoms with van der Waals surface area (Å²) in [6.07, 6.45) is 4.04. The maximum Gasteiger partial charge on any atom is 0.345 e. The molecule has 1 aromatic heterocycles. The van der Waals surface area contributed by atoms with Crippen LogP contribution >= 0.6 is 0 Å². The van der Waals surface area contributed by atoms with Crippen molar-refractivity contribution in [2.45, 2.75) is 216 Å². The van der Waals surface area contributed by atoms with Crippen LogP contribution in [-0.4, -0.2) is 73.7 Å². The van der Waals surface area contributed by atoms with E-state index in [9.17, 15) is 33.6 Å². The van der Waals surface area contributed by atoms with Gasteiger partial charge in [-0.3, -0.25) is 28.8 Å². The third-order valence-electron chi connectivity index (χ3n) is 23.4. The molecule has 0 bridgehead atoms. The van der Waals surface area contributed by atoms with Crippen molar-refractivity contribution >= 4 is 119 Å². The number of aryl methyl sites for hydroxylation is 1. The SMILES string of the molecule is CC(C)(C)N1c2ccccc2C(=O)N(C2CC2)c2ccccc21.CC(C)(C)N1c2ccccc2CC(=O)c2ccccc21.CC(C)(C)N1c2ccccc2CCC(=O)c2ccccc21.CC(C)(C)N1c2ccccc2OC(=O)c2ccccc21.CC(C)(C)n1c2ccccc2c(=O)c(=O)c2ccccc21.CC(C)N1C(=O)c2ccccc2N(C(C)(C)C)c2ccccc21. The van der Waals surface area contributed by atoms with Gasteiger partial charge in [-0.25, -0.2) is 4.79 Å². The molecule has 0 unspecified atom stereocenters. The molecular weight excluding hydrogens is 1590 g/mol. The van der Waals surface area contributed by atoms with E-state index in [1.807, 2.05) is 204 Å². The number of carbonyl (C=O) groups is 5. The number of fused-ring (bicyclic) bond motifs is 12. The second-order valence-electron chi connectivity index (χ2n) is 39.6. The van der Waals surface area contributed by atoms with Crippen molar-refractivity contribution in [1.82, 2.24) is 4.57 Å². The van der Waals surface area contributed by atoms with Crippen LogP contribution in [0.2, 0.25) is 0 Å². The van der Waals surface area contributed by atoms with Crippen LogP contribution < -0.4 is 49.9 Å². The van der Waals surface area contributed by atoms with E-state index < -0.39 is 10.9 Å². The van der Waals surface area contributed by atoms with Crippen LogP contribution in [0.15, 0.2) is 301 Å². The summed E-state index contributed by atoms with van der Waals surface area (Å²) in [4.78, 5) is 104. The molecule has 12 aromatic carbocycles. The second-order valence-corrected chi connectivity index (χ2v) is 39.6. The third kappa shape index (κ3) is 18.6. The first-order valence-electron chi connectivity index (χ1n) is 44.6. The van der Waals surface area contributed by atoms with Gasteiger partial charge >= 0.3 is 5.97 Å². The lowest BCUT2D eigenvalue weighted by Gasteiger charge is -2.40. The molecule has 16 nitrogen and oxygen atoms in total. The van der Waals surface area contributed by atoms with Gasteiger partial charge in [-0.15, -0.1) is 0 Å². The van der Waals surface area contributed by atoms with Gasteiger partial charge < -0.3 is 43.6 Å². The highest BCUT2D eigenvalue weighted by molar-refractivity contribution is 6.16. The lowest BCUT2D eigenvalue weighted by Crippen LogP contribution is -2.39. The van der Waals surface area contributed by atoms with E-state index in [0.29, 0.717) is 41.0 Å². The van der Waals surface area contributed by atoms with Gasteiger partial charge in [0.15, 0.2) is 17.3 Å². The highest BCUT2D eigenvalue weighted by Crippen LogP contribution is 2.51. The van der Waals surface area contributed by atoms with E-state index in [0.717, 1.165) is 121 Å². The van der Waals surface area contributed by atoms with E-state index in [1.165, 1.54) is 11.3 Å². The first-order chi connectivity index (χ1) is 60.7. The number of anilines is 12. The number of aromatic nitrogens is 1.